The summed E-state index contributed by atoms with van der Waals surface area (Å²) in [5.41, 5.74) is 1.80. The summed E-state index contributed by atoms with van der Waals surface area (Å²) in [6.45, 7) is 2.81. The number of carbonyl (C=O) groups is 1. The van der Waals surface area contributed by atoms with Gasteiger partial charge in [-0.3, -0.25) is 9.69 Å². The van der Waals surface area contributed by atoms with Gasteiger partial charge in [0, 0.05) is 37.8 Å². The van der Waals surface area contributed by atoms with Gasteiger partial charge in [0.1, 0.15) is 16.9 Å². The highest BCUT2D eigenvalue weighted by molar-refractivity contribution is 7.09. The predicted octanol–water partition coefficient (Wildman–Crippen LogP) is 3.18. The molecule has 1 aliphatic heterocycles. The lowest BCUT2D eigenvalue weighted by Gasteiger charge is -2.36. The fourth-order valence-corrected chi connectivity index (χ4v) is 4.41. The van der Waals surface area contributed by atoms with Crippen molar-refractivity contribution in [3.8, 4) is 6.07 Å². The Morgan fingerprint density at radius 1 is 1.19 bits per heavy atom. The summed E-state index contributed by atoms with van der Waals surface area (Å²) in [7, 11) is 0. The first-order chi connectivity index (χ1) is 15.1. The first-order valence-corrected chi connectivity index (χ1v) is 10.9. The Bertz CT molecular complexity index is 1060. The summed E-state index contributed by atoms with van der Waals surface area (Å²) in [6, 6.07) is 16.0. The molecule has 0 aliphatic carbocycles. The highest BCUT2D eigenvalue weighted by Gasteiger charge is 2.24. The molecule has 31 heavy (non-hydrogen) atoms. The van der Waals surface area contributed by atoms with E-state index < -0.39 is 0 Å². The molecule has 1 aromatic heterocycles. The Morgan fingerprint density at radius 3 is 2.61 bits per heavy atom. The van der Waals surface area contributed by atoms with E-state index in [2.05, 4.69) is 15.2 Å². The number of amides is 1. The maximum Gasteiger partial charge on any atom is 0.235 e. The van der Waals surface area contributed by atoms with Crippen molar-refractivity contribution in [2.75, 3.05) is 37.6 Å². The van der Waals surface area contributed by atoms with Gasteiger partial charge in [0.15, 0.2) is 0 Å². The monoisotopic (exact) mass is 435 g/mol. The number of halogens is 1. The molecule has 1 unspecified atom stereocenters. The van der Waals surface area contributed by atoms with Gasteiger partial charge in [0.05, 0.1) is 23.9 Å². The molecule has 1 N–H and O–H groups in total. The Morgan fingerprint density at radius 2 is 1.97 bits per heavy atom. The second kappa shape index (κ2) is 9.69. The minimum atomic E-state index is -0.389. The van der Waals surface area contributed by atoms with Gasteiger partial charge in [0.2, 0.25) is 5.91 Å². The number of benzene rings is 2. The van der Waals surface area contributed by atoms with Crippen LogP contribution in [0.3, 0.4) is 0 Å². The molecule has 2 aromatic carbocycles. The van der Waals surface area contributed by atoms with Crippen molar-refractivity contribution in [2.45, 2.75) is 6.04 Å². The average molecular weight is 436 g/mol. The molecule has 1 fully saturated rings. The summed E-state index contributed by atoms with van der Waals surface area (Å²) in [6.07, 6.45) is 1.74. The molecular weight excluding hydrogens is 413 g/mol. The van der Waals surface area contributed by atoms with Crippen molar-refractivity contribution < 1.29 is 9.18 Å². The number of hydrogen-bond acceptors (Lipinski definition) is 6. The van der Waals surface area contributed by atoms with Gasteiger partial charge in [-0.2, -0.15) is 5.26 Å². The minimum Gasteiger partial charge on any atom is -0.367 e. The summed E-state index contributed by atoms with van der Waals surface area (Å²) in [5.74, 6) is -0.457. The Labute approximate surface area is 184 Å². The standard InChI is InChI=1S/C23H22FN5OS/c24-19-14-17(15-25)6-7-20(19)29-11-9-28(10-12-29)16-21(30)27-22(23-26-8-13-31-23)18-4-2-1-3-5-18/h1-8,13-14,22H,9-12,16H2,(H,27,30). The maximum absolute atomic E-state index is 14.3. The molecule has 1 saturated heterocycles. The van der Waals surface area contributed by atoms with Gasteiger partial charge in [-0.25, -0.2) is 9.37 Å². The highest BCUT2D eigenvalue weighted by Crippen LogP contribution is 2.24. The van der Waals surface area contributed by atoms with E-state index in [0.717, 1.165) is 10.6 Å². The largest absolute Gasteiger partial charge is 0.367 e. The number of thiazole rings is 1. The van der Waals surface area contributed by atoms with Crippen LogP contribution < -0.4 is 10.2 Å². The number of rotatable bonds is 6. The third-order valence-corrected chi connectivity index (χ3v) is 6.13. The van der Waals surface area contributed by atoms with Crippen molar-refractivity contribution in [3.05, 3.63) is 82.1 Å². The fourth-order valence-electron chi connectivity index (χ4n) is 3.70. The van der Waals surface area contributed by atoms with Gasteiger partial charge in [0.25, 0.3) is 0 Å². The molecule has 0 bridgehead atoms. The van der Waals surface area contributed by atoms with E-state index in [-0.39, 0.29) is 24.3 Å². The van der Waals surface area contributed by atoms with Crippen molar-refractivity contribution in [1.82, 2.24) is 15.2 Å². The number of anilines is 1. The van der Waals surface area contributed by atoms with Crippen LogP contribution in [-0.2, 0) is 4.79 Å². The molecule has 4 rings (SSSR count). The van der Waals surface area contributed by atoms with Gasteiger partial charge >= 0.3 is 0 Å². The van der Waals surface area contributed by atoms with Crippen LogP contribution in [0.2, 0.25) is 0 Å². The molecule has 0 spiro atoms. The molecule has 1 aliphatic rings. The molecule has 3 aromatic rings. The van der Waals surface area contributed by atoms with Crippen molar-refractivity contribution >= 4 is 22.9 Å². The molecule has 6 nitrogen and oxygen atoms in total. The molecule has 1 amide bonds. The van der Waals surface area contributed by atoms with E-state index >= 15 is 0 Å². The topological polar surface area (TPSA) is 72.3 Å². The zero-order valence-electron chi connectivity index (χ0n) is 16.9. The van der Waals surface area contributed by atoms with Crippen LogP contribution in [0.5, 0.6) is 0 Å². The van der Waals surface area contributed by atoms with E-state index in [4.69, 9.17) is 5.26 Å². The molecular formula is C23H22FN5OS. The van der Waals surface area contributed by atoms with Crippen LogP contribution in [0.25, 0.3) is 0 Å². The second-order valence-corrected chi connectivity index (χ2v) is 8.25. The van der Waals surface area contributed by atoms with Gasteiger partial charge in [-0.15, -0.1) is 11.3 Å². The third kappa shape index (κ3) is 5.08. The number of aromatic nitrogens is 1. The lowest BCUT2D eigenvalue weighted by Crippen LogP contribution is -2.50. The second-order valence-electron chi connectivity index (χ2n) is 7.32. The van der Waals surface area contributed by atoms with E-state index in [1.165, 1.54) is 17.4 Å². The molecule has 8 heteroatoms. The van der Waals surface area contributed by atoms with E-state index in [9.17, 15) is 9.18 Å². The van der Waals surface area contributed by atoms with Crippen LogP contribution in [0.4, 0.5) is 10.1 Å². The van der Waals surface area contributed by atoms with E-state index in [0.29, 0.717) is 37.4 Å². The average Bonchev–Trinajstić information content (AvgIpc) is 3.33. The quantitative estimate of drug-likeness (QED) is 0.644. The molecule has 0 saturated carbocycles. The van der Waals surface area contributed by atoms with Crippen LogP contribution in [0.1, 0.15) is 22.2 Å². The normalized spacial score (nSPS) is 15.3. The first-order valence-electron chi connectivity index (χ1n) is 10.0. The SMILES string of the molecule is N#Cc1ccc(N2CCN(CC(=O)NC(c3ccccc3)c3nccs3)CC2)c(F)c1. The Kier molecular flexibility index (Phi) is 6.55. The third-order valence-electron chi connectivity index (χ3n) is 5.29. The molecule has 1 atom stereocenters. The highest BCUT2D eigenvalue weighted by atomic mass is 32.1. The van der Waals surface area contributed by atoms with Crippen LogP contribution in [0.15, 0.2) is 60.1 Å². The van der Waals surface area contributed by atoms with Crippen molar-refractivity contribution in [3.63, 3.8) is 0 Å². The summed E-state index contributed by atoms with van der Waals surface area (Å²) < 4.78 is 14.3. The summed E-state index contributed by atoms with van der Waals surface area (Å²) in [4.78, 5) is 21.2. The van der Waals surface area contributed by atoms with Crippen LogP contribution in [-0.4, -0.2) is 48.5 Å². The fraction of sp³-hybridized carbons (Fsp3) is 0.261. The molecule has 2 heterocycles. The maximum atomic E-state index is 14.3. The van der Waals surface area contributed by atoms with Gasteiger partial charge in [-0.05, 0) is 23.8 Å². The van der Waals surface area contributed by atoms with Crippen molar-refractivity contribution in [1.29, 1.82) is 5.26 Å². The number of nitrogens with zero attached hydrogens (tertiary/aromatic N) is 4. The number of piperazine rings is 1. The van der Waals surface area contributed by atoms with Crippen molar-refractivity contribution in [2.24, 2.45) is 0 Å². The van der Waals surface area contributed by atoms with Crippen LogP contribution >= 0.6 is 11.3 Å². The predicted molar refractivity (Wildman–Crippen MR) is 118 cm³/mol. The summed E-state index contributed by atoms with van der Waals surface area (Å²) in [5, 5.41) is 14.8. The zero-order valence-corrected chi connectivity index (χ0v) is 17.7. The number of nitriles is 1. The Balaban J connectivity index is 1.35. The number of hydrogen-bond donors (Lipinski definition) is 1. The van der Waals surface area contributed by atoms with E-state index in [1.807, 2.05) is 46.7 Å². The first kappa shape index (κ1) is 21.0. The lowest BCUT2D eigenvalue weighted by molar-refractivity contribution is -0.122. The number of nitrogens with one attached hydrogen (secondary N) is 1. The molecule has 0 radical (unpaired) electrons. The summed E-state index contributed by atoms with van der Waals surface area (Å²) >= 11 is 1.51. The molecule has 158 valence electrons. The smallest absolute Gasteiger partial charge is 0.235 e. The Hall–Kier alpha value is -3.28. The minimum absolute atomic E-state index is 0.0675. The zero-order chi connectivity index (χ0) is 21.6. The number of carbonyl (C=O) groups excluding carboxylic acids is 1. The lowest BCUT2D eigenvalue weighted by atomic mass is 10.1. The van der Waals surface area contributed by atoms with Gasteiger partial charge < -0.3 is 10.2 Å². The van der Waals surface area contributed by atoms with E-state index in [1.54, 1.807) is 18.3 Å². The van der Waals surface area contributed by atoms with Crippen LogP contribution in [0, 0.1) is 17.1 Å². The van der Waals surface area contributed by atoms with Gasteiger partial charge in [-0.1, -0.05) is 30.3 Å².